The lowest BCUT2D eigenvalue weighted by Gasteiger charge is -2.09. The fourth-order valence-electron chi connectivity index (χ4n) is 1.77. The maximum atomic E-state index is 10.9. The molecular weight excluding hydrogens is 230 g/mol. The van der Waals surface area contributed by atoms with E-state index in [1.165, 1.54) is 0 Å². The van der Waals surface area contributed by atoms with E-state index in [0.717, 1.165) is 11.3 Å². The van der Waals surface area contributed by atoms with Gasteiger partial charge in [0.05, 0.1) is 6.54 Å². The number of carboxylic acids is 1. The molecule has 1 aromatic heterocycles. The standard InChI is InChI=1S/C14H15NO3/c1-11-4-2-5-12(10-11)18-9-8-15-7-3-6-13(15)14(16)17/h2-7,10H,8-9H2,1H3,(H,16,17). The monoisotopic (exact) mass is 245 g/mol. The number of ether oxygens (including phenoxy) is 1. The molecule has 1 heterocycles. The number of rotatable bonds is 5. The Labute approximate surface area is 105 Å². The van der Waals surface area contributed by atoms with Gasteiger partial charge in [0.1, 0.15) is 18.1 Å². The Morgan fingerprint density at radius 1 is 1.33 bits per heavy atom. The van der Waals surface area contributed by atoms with Crippen LogP contribution in [0.5, 0.6) is 5.75 Å². The lowest BCUT2D eigenvalue weighted by atomic mass is 10.2. The number of carbonyl (C=O) groups is 1. The number of hydrogen-bond donors (Lipinski definition) is 1. The fraction of sp³-hybridized carbons (Fsp3) is 0.214. The zero-order chi connectivity index (χ0) is 13.0. The van der Waals surface area contributed by atoms with Gasteiger partial charge in [0.25, 0.3) is 0 Å². The van der Waals surface area contributed by atoms with Crippen LogP contribution in [0.2, 0.25) is 0 Å². The first-order valence-electron chi connectivity index (χ1n) is 5.75. The van der Waals surface area contributed by atoms with Gasteiger partial charge in [-0.2, -0.15) is 0 Å². The zero-order valence-corrected chi connectivity index (χ0v) is 10.2. The smallest absolute Gasteiger partial charge is 0.352 e. The first kappa shape index (κ1) is 12.2. The van der Waals surface area contributed by atoms with Gasteiger partial charge in [-0.1, -0.05) is 12.1 Å². The minimum Gasteiger partial charge on any atom is -0.492 e. The van der Waals surface area contributed by atoms with Crippen molar-refractivity contribution >= 4 is 5.97 Å². The summed E-state index contributed by atoms with van der Waals surface area (Å²) in [6.07, 6.45) is 1.74. The molecule has 1 aromatic carbocycles. The van der Waals surface area contributed by atoms with Crippen molar-refractivity contribution in [3.8, 4) is 5.75 Å². The molecule has 0 spiro atoms. The van der Waals surface area contributed by atoms with E-state index in [2.05, 4.69) is 0 Å². The van der Waals surface area contributed by atoms with E-state index in [0.29, 0.717) is 13.2 Å². The van der Waals surface area contributed by atoms with Crippen LogP contribution in [0, 0.1) is 6.92 Å². The van der Waals surface area contributed by atoms with Crippen molar-refractivity contribution in [1.29, 1.82) is 0 Å². The van der Waals surface area contributed by atoms with E-state index in [9.17, 15) is 4.79 Å². The third-order valence-electron chi connectivity index (χ3n) is 2.64. The van der Waals surface area contributed by atoms with Crippen molar-refractivity contribution < 1.29 is 14.6 Å². The van der Waals surface area contributed by atoms with E-state index in [1.807, 2.05) is 31.2 Å². The Kier molecular flexibility index (Phi) is 3.67. The van der Waals surface area contributed by atoms with E-state index in [4.69, 9.17) is 9.84 Å². The van der Waals surface area contributed by atoms with Gasteiger partial charge in [-0.05, 0) is 36.8 Å². The highest BCUT2D eigenvalue weighted by molar-refractivity contribution is 5.85. The van der Waals surface area contributed by atoms with Crippen LogP contribution in [0.4, 0.5) is 0 Å². The van der Waals surface area contributed by atoms with Gasteiger partial charge in [0.2, 0.25) is 0 Å². The Hall–Kier alpha value is -2.23. The molecule has 2 aromatic rings. The van der Waals surface area contributed by atoms with Crippen molar-refractivity contribution in [2.45, 2.75) is 13.5 Å². The molecule has 0 aliphatic heterocycles. The van der Waals surface area contributed by atoms with Crippen LogP contribution < -0.4 is 4.74 Å². The summed E-state index contributed by atoms with van der Waals surface area (Å²) >= 11 is 0. The predicted octanol–water partition coefficient (Wildman–Crippen LogP) is 2.57. The third-order valence-corrected chi connectivity index (χ3v) is 2.64. The van der Waals surface area contributed by atoms with Gasteiger partial charge < -0.3 is 14.4 Å². The second kappa shape index (κ2) is 5.40. The van der Waals surface area contributed by atoms with Crippen LogP contribution in [-0.4, -0.2) is 22.2 Å². The molecule has 18 heavy (non-hydrogen) atoms. The van der Waals surface area contributed by atoms with Crippen LogP contribution in [-0.2, 0) is 6.54 Å². The summed E-state index contributed by atoms with van der Waals surface area (Å²) < 4.78 is 7.25. The van der Waals surface area contributed by atoms with Gasteiger partial charge in [0.15, 0.2) is 0 Å². The maximum Gasteiger partial charge on any atom is 0.352 e. The molecule has 0 saturated heterocycles. The van der Waals surface area contributed by atoms with Gasteiger partial charge in [-0.3, -0.25) is 0 Å². The van der Waals surface area contributed by atoms with Crippen molar-refractivity contribution in [3.63, 3.8) is 0 Å². The minimum atomic E-state index is -0.921. The molecule has 94 valence electrons. The minimum absolute atomic E-state index is 0.280. The predicted molar refractivity (Wildman–Crippen MR) is 68.1 cm³/mol. The molecule has 0 fully saturated rings. The van der Waals surface area contributed by atoms with Crippen LogP contribution in [0.3, 0.4) is 0 Å². The SMILES string of the molecule is Cc1cccc(OCCn2cccc2C(=O)O)c1. The molecular formula is C14H15NO3. The Balaban J connectivity index is 1.92. The summed E-state index contributed by atoms with van der Waals surface area (Å²) in [5.41, 5.74) is 1.42. The van der Waals surface area contributed by atoms with Crippen LogP contribution in [0.1, 0.15) is 16.1 Å². The molecule has 4 heteroatoms. The summed E-state index contributed by atoms with van der Waals surface area (Å²) in [7, 11) is 0. The largest absolute Gasteiger partial charge is 0.492 e. The molecule has 0 atom stereocenters. The second-order valence-corrected chi connectivity index (χ2v) is 4.06. The lowest BCUT2D eigenvalue weighted by molar-refractivity contribution is 0.0684. The van der Waals surface area contributed by atoms with E-state index < -0.39 is 5.97 Å². The first-order chi connectivity index (χ1) is 8.66. The summed E-state index contributed by atoms with van der Waals surface area (Å²) in [5, 5.41) is 8.95. The van der Waals surface area contributed by atoms with Gasteiger partial charge in [-0.15, -0.1) is 0 Å². The zero-order valence-electron chi connectivity index (χ0n) is 10.2. The first-order valence-corrected chi connectivity index (χ1v) is 5.75. The number of nitrogens with zero attached hydrogens (tertiary/aromatic N) is 1. The quantitative estimate of drug-likeness (QED) is 0.880. The Morgan fingerprint density at radius 3 is 2.89 bits per heavy atom. The molecule has 1 N–H and O–H groups in total. The average molecular weight is 245 g/mol. The number of aromatic carboxylic acids is 1. The van der Waals surface area contributed by atoms with E-state index in [-0.39, 0.29) is 5.69 Å². The summed E-state index contributed by atoms with van der Waals surface area (Å²) in [6.45, 7) is 2.96. The number of hydrogen-bond acceptors (Lipinski definition) is 2. The molecule has 0 bridgehead atoms. The van der Waals surface area contributed by atoms with Crippen molar-refractivity contribution in [3.05, 3.63) is 53.9 Å². The van der Waals surface area contributed by atoms with Crippen LogP contribution in [0.15, 0.2) is 42.6 Å². The topological polar surface area (TPSA) is 51.5 Å². The Morgan fingerprint density at radius 2 is 2.17 bits per heavy atom. The number of aryl methyl sites for hydroxylation is 1. The van der Waals surface area contributed by atoms with Gasteiger partial charge in [-0.25, -0.2) is 4.79 Å². The van der Waals surface area contributed by atoms with Crippen LogP contribution >= 0.6 is 0 Å². The fourth-order valence-corrected chi connectivity index (χ4v) is 1.77. The molecule has 0 aliphatic carbocycles. The molecule has 0 radical (unpaired) electrons. The third kappa shape index (κ3) is 2.91. The molecule has 0 amide bonds. The average Bonchev–Trinajstić information content (AvgIpc) is 2.77. The number of aromatic nitrogens is 1. The van der Waals surface area contributed by atoms with Crippen molar-refractivity contribution in [2.24, 2.45) is 0 Å². The van der Waals surface area contributed by atoms with Crippen molar-refractivity contribution in [1.82, 2.24) is 4.57 Å². The molecule has 4 nitrogen and oxygen atoms in total. The number of carboxylic acid groups (broad SMARTS) is 1. The van der Waals surface area contributed by atoms with Gasteiger partial charge >= 0.3 is 5.97 Å². The highest BCUT2D eigenvalue weighted by atomic mass is 16.5. The molecule has 0 unspecified atom stereocenters. The lowest BCUT2D eigenvalue weighted by Crippen LogP contribution is -2.12. The van der Waals surface area contributed by atoms with Crippen LogP contribution in [0.25, 0.3) is 0 Å². The highest BCUT2D eigenvalue weighted by Crippen LogP contribution is 2.12. The van der Waals surface area contributed by atoms with Gasteiger partial charge in [0, 0.05) is 6.20 Å². The maximum absolute atomic E-state index is 10.9. The molecule has 2 rings (SSSR count). The summed E-state index contributed by atoms with van der Waals surface area (Å²) in [6, 6.07) is 11.1. The summed E-state index contributed by atoms with van der Waals surface area (Å²) in [4.78, 5) is 10.9. The number of benzene rings is 1. The second-order valence-electron chi connectivity index (χ2n) is 4.06. The molecule has 0 aliphatic rings. The van der Waals surface area contributed by atoms with E-state index >= 15 is 0 Å². The molecule has 0 saturated carbocycles. The van der Waals surface area contributed by atoms with Crippen molar-refractivity contribution in [2.75, 3.05) is 6.61 Å². The van der Waals surface area contributed by atoms with E-state index in [1.54, 1.807) is 22.9 Å². The summed E-state index contributed by atoms with van der Waals surface area (Å²) in [5.74, 6) is -0.116. The normalized spacial score (nSPS) is 10.3. The highest BCUT2D eigenvalue weighted by Gasteiger charge is 2.07. The Bertz CT molecular complexity index is 545.